The summed E-state index contributed by atoms with van der Waals surface area (Å²) in [6, 6.07) is 2.75. The first kappa shape index (κ1) is 17.5. The van der Waals surface area contributed by atoms with Crippen LogP contribution in [0.15, 0.2) is 18.3 Å². The van der Waals surface area contributed by atoms with Crippen molar-refractivity contribution >= 4 is 35.1 Å². The van der Waals surface area contributed by atoms with Gasteiger partial charge in [-0.2, -0.15) is 5.10 Å². The van der Waals surface area contributed by atoms with Gasteiger partial charge in [-0.25, -0.2) is 14.3 Å². The zero-order valence-electron chi connectivity index (χ0n) is 14.3. The van der Waals surface area contributed by atoms with E-state index in [2.05, 4.69) is 15.4 Å². The summed E-state index contributed by atoms with van der Waals surface area (Å²) < 4.78 is 6.86. The molecule has 1 aliphatic heterocycles. The van der Waals surface area contributed by atoms with Gasteiger partial charge in [0.05, 0.1) is 6.20 Å². The van der Waals surface area contributed by atoms with Crippen LogP contribution in [0.2, 0.25) is 5.15 Å². The van der Waals surface area contributed by atoms with Crippen LogP contribution in [0.1, 0.15) is 33.6 Å². The Balaban J connectivity index is 1.71. The van der Waals surface area contributed by atoms with Crippen LogP contribution in [0.25, 0.3) is 5.65 Å². The Morgan fingerprint density at radius 1 is 1.36 bits per heavy atom. The SMILES string of the molecule is CC(C)(C)OC(=O)N1CCC[C@H]1C(=O)Nc1cn2nc(Cl)ccc2n1. The minimum atomic E-state index is -0.604. The van der Waals surface area contributed by atoms with Crippen LogP contribution >= 0.6 is 11.6 Å². The maximum atomic E-state index is 12.6. The summed E-state index contributed by atoms with van der Waals surface area (Å²) in [5.74, 6) is 0.0636. The first-order valence-corrected chi connectivity index (χ1v) is 8.43. The van der Waals surface area contributed by atoms with E-state index in [1.165, 1.54) is 9.42 Å². The summed E-state index contributed by atoms with van der Waals surface area (Å²) in [7, 11) is 0. The van der Waals surface area contributed by atoms with E-state index in [-0.39, 0.29) is 5.91 Å². The third kappa shape index (κ3) is 4.01. The molecule has 3 heterocycles. The monoisotopic (exact) mass is 365 g/mol. The van der Waals surface area contributed by atoms with Crippen molar-refractivity contribution in [2.75, 3.05) is 11.9 Å². The van der Waals surface area contributed by atoms with Gasteiger partial charge in [0.25, 0.3) is 0 Å². The number of nitrogens with one attached hydrogen (secondary N) is 1. The van der Waals surface area contributed by atoms with Crippen molar-refractivity contribution in [1.29, 1.82) is 0 Å². The van der Waals surface area contributed by atoms with Gasteiger partial charge < -0.3 is 10.1 Å². The van der Waals surface area contributed by atoms with E-state index in [0.717, 1.165) is 6.42 Å². The van der Waals surface area contributed by atoms with E-state index < -0.39 is 17.7 Å². The molecule has 2 amide bonds. The second-order valence-corrected chi connectivity index (χ2v) is 7.29. The number of hydrogen-bond donors (Lipinski definition) is 1. The molecule has 9 heteroatoms. The third-order valence-corrected chi connectivity index (χ3v) is 3.92. The highest BCUT2D eigenvalue weighted by atomic mass is 35.5. The van der Waals surface area contributed by atoms with E-state index in [1.807, 2.05) is 0 Å². The van der Waals surface area contributed by atoms with Gasteiger partial charge in [0.2, 0.25) is 5.91 Å². The molecule has 0 aromatic carbocycles. The molecule has 1 N–H and O–H groups in total. The summed E-state index contributed by atoms with van der Waals surface area (Å²) >= 11 is 5.84. The molecule has 1 fully saturated rings. The van der Waals surface area contributed by atoms with E-state index in [9.17, 15) is 9.59 Å². The van der Waals surface area contributed by atoms with Crippen molar-refractivity contribution in [3.8, 4) is 0 Å². The highest BCUT2D eigenvalue weighted by Crippen LogP contribution is 2.22. The standard InChI is InChI=1S/C16H20ClN5O3/c1-16(2,3)25-15(24)21-8-4-5-10(21)14(23)19-12-9-22-13(18-12)7-6-11(17)20-22/h6-7,9-10H,4-5,8H2,1-3H3,(H,19,23)/t10-/m0/s1. The lowest BCUT2D eigenvalue weighted by Gasteiger charge is -2.27. The second kappa shape index (κ2) is 6.51. The maximum Gasteiger partial charge on any atom is 0.410 e. The molecule has 0 aliphatic carbocycles. The van der Waals surface area contributed by atoms with Crippen molar-refractivity contribution < 1.29 is 14.3 Å². The van der Waals surface area contributed by atoms with Crippen LogP contribution in [0.4, 0.5) is 10.6 Å². The van der Waals surface area contributed by atoms with Gasteiger partial charge in [0.1, 0.15) is 16.8 Å². The predicted octanol–water partition coefficient (Wildman–Crippen LogP) is 2.72. The zero-order chi connectivity index (χ0) is 18.2. The average molecular weight is 366 g/mol. The average Bonchev–Trinajstić information content (AvgIpc) is 3.10. The number of anilines is 1. The van der Waals surface area contributed by atoms with Gasteiger partial charge in [-0.05, 0) is 45.7 Å². The van der Waals surface area contributed by atoms with Crippen LogP contribution < -0.4 is 5.32 Å². The van der Waals surface area contributed by atoms with Crippen LogP contribution in [-0.4, -0.2) is 49.7 Å². The van der Waals surface area contributed by atoms with Crippen LogP contribution in [0.3, 0.4) is 0 Å². The molecular formula is C16H20ClN5O3. The smallest absolute Gasteiger partial charge is 0.410 e. The Morgan fingerprint density at radius 3 is 2.84 bits per heavy atom. The summed E-state index contributed by atoms with van der Waals surface area (Å²) in [5.41, 5.74) is -0.0390. The highest BCUT2D eigenvalue weighted by Gasteiger charge is 2.36. The molecule has 134 valence electrons. The first-order valence-electron chi connectivity index (χ1n) is 8.05. The number of nitrogens with zero attached hydrogens (tertiary/aromatic N) is 4. The maximum absolute atomic E-state index is 12.6. The molecule has 1 aliphatic rings. The quantitative estimate of drug-likeness (QED) is 0.883. The highest BCUT2D eigenvalue weighted by molar-refractivity contribution is 6.29. The first-order chi connectivity index (χ1) is 11.7. The number of carbonyl (C=O) groups is 2. The van der Waals surface area contributed by atoms with Crippen molar-refractivity contribution in [1.82, 2.24) is 19.5 Å². The lowest BCUT2D eigenvalue weighted by molar-refractivity contribution is -0.120. The van der Waals surface area contributed by atoms with Gasteiger partial charge in [-0.3, -0.25) is 9.69 Å². The number of halogens is 1. The molecule has 2 aromatic rings. The Bertz CT molecular complexity index is 814. The summed E-state index contributed by atoms with van der Waals surface area (Å²) in [5, 5.41) is 7.13. The van der Waals surface area contributed by atoms with Crippen LogP contribution in [0.5, 0.6) is 0 Å². The molecule has 0 spiro atoms. The second-order valence-electron chi connectivity index (χ2n) is 6.91. The molecule has 1 atom stereocenters. The van der Waals surface area contributed by atoms with Crippen LogP contribution in [0, 0.1) is 0 Å². The fourth-order valence-electron chi connectivity index (χ4n) is 2.71. The molecule has 25 heavy (non-hydrogen) atoms. The molecule has 0 bridgehead atoms. The molecule has 3 rings (SSSR count). The Kier molecular flexibility index (Phi) is 4.55. The van der Waals surface area contributed by atoms with Crippen LogP contribution in [-0.2, 0) is 9.53 Å². The van der Waals surface area contributed by atoms with Crippen molar-refractivity contribution in [3.63, 3.8) is 0 Å². The topological polar surface area (TPSA) is 88.8 Å². The van der Waals surface area contributed by atoms with Crippen molar-refractivity contribution in [2.45, 2.75) is 45.3 Å². The molecule has 8 nitrogen and oxygen atoms in total. The zero-order valence-corrected chi connectivity index (χ0v) is 15.1. The van der Waals surface area contributed by atoms with E-state index in [0.29, 0.717) is 29.6 Å². The Labute approximate surface area is 150 Å². The molecule has 0 unspecified atom stereocenters. The van der Waals surface area contributed by atoms with Crippen molar-refractivity contribution in [3.05, 3.63) is 23.5 Å². The number of likely N-dealkylation sites (tertiary alicyclic amines) is 1. The number of hydrogen-bond acceptors (Lipinski definition) is 5. The molecular weight excluding hydrogens is 346 g/mol. The predicted molar refractivity (Wildman–Crippen MR) is 92.6 cm³/mol. The number of imidazole rings is 1. The van der Waals surface area contributed by atoms with E-state index >= 15 is 0 Å². The number of aromatic nitrogens is 3. The normalized spacial score (nSPS) is 17.8. The Morgan fingerprint density at radius 2 is 2.12 bits per heavy atom. The number of carbonyl (C=O) groups excluding carboxylic acids is 2. The molecule has 2 aromatic heterocycles. The summed E-state index contributed by atoms with van der Waals surface area (Å²) in [6.45, 7) is 5.88. The third-order valence-electron chi connectivity index (χ3n) is 3.72. The number of ether oxygens (including phenoxy) is 1. The van der Waals surface area contributed by atoms with Crippen molar-refractivity contribution in [2.24, 2.45) is 0 Å². The fraction of sp³-hybridized carbons (Fsp3) is 0.500. The number of amides is 2. The van der Waals surface area contributed by atoms with Gasteiger partial charge in [0, 0.05) is 6.54 Å². The van der Waals surface area contributed by atoms with E-state index in [1.54, 1.807) is 39.1 Å². The van der Waals surface area contributed by atoms with Gasteiger partial charge >= 0.3 is 6.09 Å². The molecule has 0 saturated carbocycles. The van der Waals surface area contributed by atoms with Gasteiger partial charge in [-0.1, -0.05) is 11.6 Å². The minimum absolute atomic E-state index is 0.294. The lowest BCUT2D eigenvalue weighted by atomic mass is 10.2. The Hall–Kier alpha value is -2.35. The lowest BCUT2D eigenvalue weighted by Crippen LogP contribution is -2.45. The van der Waals surface area contributed by atoms with E-state index in [4.69, 9.17) is 16.3 Å². The minimum Gasteiger partial charge on any atom is -0.444 e. The fourth-order valence-corrected chi connectivity index (χ4v) is 2.85. The van der Waals surface area contributed by atoms with Gasteiger partial charge in [0.15, 0.2) is 11.5 Å². The summed E-state index contributed by atoms with van der Waals surface area (Å²) in [4.78, 5) is 30.6. The largest absolute Gasteiger partial charge is 0.444 e. The molecule has 1 saturated heterocycles. The molecule has 0 radical (unpaired) electrons. The summed E-state index contributed by atoms with van der Waals surface area (Å²) in [6.07, 6.45) is 2.43. The number of fused-ring (bicyclic) bond motifs is 1. The van der Waals surface area contributed by atoms with Gasteiger partial charge in [-0.15, -0.1) is 0 Å². The number of rotatable bonds is 2.